The van der Waals surface area contributed by atoms with E-state index in [4.69, 9.17) is 14.1 Å². The highest BCUT2D eigenvalue weighted by molar-refractivity contribution is 7.92. The summed E-state index contributed by atoms with van der Waals surface area (Å²) < 4.78 is 13.2. The first kappa shape index (κ1) is 18.2. The molecule has 3 heterocycles. The zero-order valence-corrected chi connectivity index (χ0v) is 15.9. The summed E-state index contributed by atoms with van der Waals surface area (Å²) >= 11 is 0.870. The van der Waals surface area contributed by atoms with Gasteiger partial charge in [-0.1, -0.05) is 30.3 Å². The van der Waals surface area contributed by atoms with E-state index in [1.807, 2.05) is 29.8 Å². The highest BCUT2D eigenvalue weighted by Crippen LogP contribution is 2.32. The Balaban J connectivity index is 1.55. The van der Waals surface area contributed by atoms with Crippen molar-refractivity contribution in [2.24, 2.45) is 5.14 Å². The van der Waals surface area contributed by atoms with Crippen molar-refractivity contribution in [2.75, 3.05) is 18.6 Å². The second-order valence-electron chi connectivity index (χ2n) is 6.53. The Kier molecular flexibility index (Phi) is 5.53. The van der Waals surface area contributed by atoms with Gasteiger partial charge in [-0.05, 0) is 18.4 Å². The third-order valence-corrected chi connectivity index (χ3v) is 4.95. The van der Waals surface area contributed by atoms with Crippen molar-refractivity contribution in [1.29, 1.82) is 0 Å². The van der Waals surface area contributed by atoms with Crippen LogP contribution in [0.25, 0.3) is 11.2 Å². The third kappa shape index (κ3) is 3.91. The van der Waals surface area contributed by atoms with Gasteiger partial charge in [-0.15, -0.1) is 0 Å². The van der Waals surface area contributed by atoms with Gasteiger partial charge in [-0.25, -0.2) is 15.0 Å². The number of hydrogen-bond donors (Lipinski definition) is 1. The number of benzene rings is 1. The van der Waals surface area contributed by atoms with Crippen LogP contribution in [0.4, 0.5) is 5.82 Å². The average molecular weight is 386 g/mol. The van der Waals surface area contributed by atoms with Gasteiger partial charge in [0.2, 0.25) is 0 Å². The van der Waals surface area contributed by atoms with E-state index < -0.39 is 0 Å². The van der Waals surface area contributed by atoms with Gasteiger partial charge in [0.15, 0.2) is 17.0 Å². The molecule has 27 heavy (non-hydrogen) atoms. The molecular formula is C18H22N6O2S. The molecule has 8 nitrogen and oxygen atoms in total. The number of anilines is 1. The Morgan fingerprint density at radius 1 is 1.26 bits per heavy atom. The standard InChI is InChI=1S/C18H22N6O2S/c1-23(9-13-5-3-2-4-6-13)17-16-18(21-11-20-17)24(12-22-16)15-8-7-14(26-15)10-25-27-19/h2-6,11-12,14-15H,7-10,19H2,1H3. The number of aromatic nitrogens is 4. The maximum Gasteiger partial charge on any atom is 0.167 e. The van der Waals surface area contributed by atoms with Gasteiger partial charge < -0.3 is 9.64 Å². The fourth-order valence-corrected chi connectivity index (χ4v) is 3.62. The molecule has 1 aliphatic rings. The van der Waals surface area contributed by atoms with E-state index in [0.29, 0.717) is 6.61 Å². The van der Waals surface area contributed by atoms with Crippen LogP contribution >= 0.6 is 12.2 Å². The molecule has 4 rings (SSSR count). The lowest BCUT2D eigenvalue weighted by atomic mass is 10.2. The zero-order chi connectivity index (χ0) is 18.6. The summed E-state index contributed by atoms with van der Waals surface area (Å²) in [5, 5.41) is 5.31. The Hall–Kier alpha value is -2.20. The SMILES string of the molecule is CN(Cc1ccccc1)c1ncnc2c1ncn2C1CCC(COSN)O1. The summed E-state index contributed by atoms with van der Waals surface area (Å²) in [4.78, 5) is 15.6. The fourth-order valence-electron chi connectivity index (χ4n) is 3.39. The third-order valence-electron chi connectivity index (χ3n) is 4.68. The van der Waals surface area contributed by atoms with Gasteiger partial charge >= 0.3 is 0 Å². The number of fused-ring (bicyclic) bond motifs is 1. The molecule has 0 saturated carbocycles. The molecule has 9 heteroatoms. The molecule has 0 amide bonds. The molecule has 0 spiro atoms. The molecule has 1 aromatic carbocycles. The predicted octanol–water partition coefficient (Wildman–Crippen LogP) is 2.68. The van der Waals surface area contributed by atoms with Crippen LogP contribution in [0.2, 0.25) is 0 Å². The molecule has 0 radical (unpaired) electrons. The van der Waals surface area contributed by atoms with E-state index in [1.165, 1.54) is 5.56 Å². The van der Waals surface area contributed by atoms with Crippen LogP contribution in [-0.2, 0) is 15.5 Å². The van der Waals surface area contributed by atoms with E-state index >= 15 is 0 Å². The number of nitrogens with two attached hydrogens (primary N) is 1. The molecule has 2 N–H and O–H groups in total. The normalized spacial score (nSPS) is 19.6. The Labute approximate surface area is 162 Å². The lowest BCUT2D eigenvalue weighted by molar-refractivity contribution is -0.0128. The second-order valence-corrected chi connectivity index (χ2v) is 6.96. The maximum absolute atomic E-state index is 6.07. The molecule has 1 aliphatic heterocycles. The van der Waals surface area contributed by atoms with Crippen molar-refractivity contribution in [1.82, 2.24) is 19.5 Å². The van der Waals surface area contributed by atoms with Crippen molar-refractivity contribution in [3.8, 4) is 0 Å². The van der Waals surface area contributed by atoms with E-state index in [2.05, 4.69) is 32.0 Å². The number of hydrogen-bond acceptors (Lipinski definition) is 8. The number of rotatable bonds is 7. The number of nitrogens with zero attached hydrogens (tertiary/aromatic N) is 5. The molecule has 2 aromatic heterocycles. The first-order valence-electron chi connectivity index (χ1n) is 8.82. The molecule has 1 saturated heterocycles. The average Bonchev–Trinajstić information content (AvgIpc) is 3.33. The summed E-state index contributed by atoms with van der Waals surface area (Å²) in [6, 6.07) is 10.3. The highest BCUT2D eigenvalue weighted by atomic mass is 32.2. The van der Waals surface area contributed by atoms with Gasteiger partial charge in [-0.2, -0.15) is 0 Å². The summed E-state index contributed by atoms with van der Waals surface area (Å²) in [7, 11) is 2.01. The van der Waals surface area contributed by atoms with Crippen LogP contribution in [0.3, 0.4) is 0 Å². The Morgan fingerprint density at radius 3 is 2.93 bits per heavy atom. The Morgan fingerprint density at radius 2 is 2.11 bits per heavy atom. The van der Waals surface area contributed by atoms with Gasteiger partial charge in [0.25, 0.3) is 0 Å². The molecular weight excluding hydrogens is 364 g/mol. The van der Waals surface area contributed by atoms with Crippen LogP contribution in [0.1, 0.15) is 24.6 Å². The van der Waals surface area contributed by atoms with Crippen LogP contribution in [0.5, 0.6) is 0 Å². The molecule has 3 aromatic rings. The quantitative estimate of drug-likeness (QED) is 0.489. The predicted molar refractivity (Wildman–Crippen MR) is 105 cm³/mol. The topological polar surface area (TPSA) is 91.3 Å². The van der Waals surface area contributed by atoms with Crippen molar-refractivity contribution in [3.05, 3.63) is 48.5 Å². The lowest BCUT2D eigenvalue weighted by Crippen LogP contribution is -2.18. The van der Waals surface area contributed by atoms with Gasteiger partial charge in [-0.3, -0.25) is 13.9 Å². The van der Waals surface area contributed by atoms with Crippen molar-refractivity contribution in [2.45, 2.75) is 31.7 Å². The minimum Gasteiger partial charge on any atom is -0.353 e. The number of imidazole rings is 1. The summed E-state index contributed by atoms with van der Waals surface area (Å²) in [5.41, 5.74) is 2.77. The minimum atomic E-state index is -0.103. The van der Waals surface area contributed by atoms with E-state index in [1.54, 1.807) is 12.7 Å². The van der Waals surface area contributed by atoms with Crippen LogP contribution in [-0.4, -0.2) is 39.3 Å². The maximum atomic E-state index is 6.07. The number of ether oxygens (including phenoxy) is 1. The van der Waals surface area contributed by atoms with Gasteiger partial charge in [0.1, 0.15) is 12.6 Å². The van der Waals surface area contributed by atoms with Crippen molar-refractivity contribution < 1.29 is 8.92 Å². The highest BCUT2D eigenvalue weighted by Gasteiger charge is 2.28. The van der Waals surface area contributed by atoms with Gasteiger partial charge in [0.05, 0.1) is 31.3 Å². The van der Waals surface area contributed by atoms with E-state index in [-0.39, 0.29) is 12.3 Å². The van der Waals surface area contributed by atoms with E-state index in [0.717, 1.165) is 48.6 Å². The van der Waals surface area contributed by atoms with Crippen LogP contribution in [0.15, 0.2) is 43.0 Å². The Bertz CT molecular complexity index is 890. The van der Waals surface area contributed by atoms with Gasteiger partial charge in [0, 0.05) is 13.6 Å². The molecule has 2 atom stereocenters. The summed E-state index contributed by atoms with van der Waals surface area (Å²) in [6.07, 6.45) is 5.09. The first-order chi connectivity index (χ1) is 13.3. The molecule has 0 aliphatic carbocycles. The largest absolute Gasteiger partial charge is 0.353 e. The van der Waals surface area contributed by atoms with Crippen molar-refractivity contribution in [3.63, 3.8) is 0 Å². The molecule has 2 unspecified atom stereocenters. The zero-order valence-electron chi connectivity index (χ0n) is 15.1. The molecule has 0 bridgehead atoms. The van der Waals surface area contributed by atoms with Crippen LogP contribution in [0, 0.1) is 0 Å². The first-order valence-corrected chi connectivity index (χ1v) is 9.63. The molecule has 1 fully saturated rings. The summed E-state index contributed by atoms with van der Waals surface area (Å²) in [5.74, 6) is 0.806. The van der Waals surface area contributed by atoms with Crippen LogP contribution < -0.4 is 10.0 Å². The smallest absolute Gasteiger partial charge is 0.167 e. The minimum absolute atomic E-state index is 0.0329. The lowest BCUT2D eigenvalue weighted by Gasteiger charge is -2.19. The second kappa shape index (κ2) is 8.22. The fraction of sp³-hybridized carbons (Fsp3) is 0.389. The van der Waals surface area contributed by atoms with E-state index in [9.17, 15) is 0 Å². The summed E-state index contributed by atoms with van der Waals surface area (Å²) in [6.45, 7) is 1.22. The van der Waals surface area contributed by atoms with Crippen molar-refractivity contribution >= 4 is 29.2 Å². The molecule has 142 valence electrons. The monoisotopic (exact) mass is 386 g/mol.